The van der Waals surface area contributed by atoms with Gasteiger partial charge in [-0.05, 0) is 57.4 Å². The highest BCUT2D eigenvalue weighted by Crippen LogP contribution is 2.35. The van der Waals surface area contributed by atoms with Crippen molar-refractivity contribution in [3.63, 3.8) is 0 Å². The number of benzene rings is 1. The first-order valence-electron chi connectivity index (χ1n) is 6.06. The van der Waals surface area contributed by atoms with E-state index in [1.807, 2.05) is 32.7 Å². The van der Waals surface area contributed by atoms with Crippen LogP contribution in [0, 0.1) is 32.1 Å². The van der Waals surface area contributed by atoms with Crippen molar-refractivity contribution in [3.8, 4) is 11.8 Å². The van der Waals surface area contributed by atoms with Crippen LogP contribution in [0.2, 0.25) is 0 Å². The monoisotopic (exact) mass is 246 g/mol. The van der Waals surface area contributed by atoms with Crippen LogP contribution in [0.15, 0.2) is 6.07 Å². The maximum atomic E-state index is 9.24. The molecule has 18 heavy (non-hydrogen) atoms. The van der Waals surface area contributed by atoms with Crippen LogP contribution < -0.4 is 9.64 Å². The Morgan fingerprint density at radius 3 is 2.22 bits per heavy atom. The molecule has 0 aliphatic rings. The molecule has 0 aliphatic carbocycles. The number of nitriles is 1. The van der Waals surface area contributed by atoms with Gasteiger partial charge in [0.15, 0.2) is 0 Å². The second-order valence-corrected chi connectivity index (χ2v) is 5.23. The van der Waals surface area contributed by atoms with Crippen molar-refractivity contribution in [1.82, 2.24) is 0 Å². The fourth-order valence-corrected chi connectivity index (χ4v) is 2.08. The van der Waals surface area contributed by atoms with Crippen LogP contribution in [0.5, 0.6) is 5.75 Å². The first kappa shape index (κ1) is 14.4. The Labute approximate surface area is 110 Å². The van der Waals surface area contributed by atoms with E-state index in [9.17, 15) is 5.26 Å². The maximum absolute atomic E-state index is 9.24. The average molecular weight is 246 g/mol. The minimum absolute atomic E-state index is 0.530. The highest BCUT2D eigenvalue weighted by molar-refractivity contribution is 5.64. The number of ether oxygens (including phenoxy) is 1. The summed E-state index contributed by atoms with van der Waals surface area (Å²) in [5.74, 6) is 0.930. The third-order valence-electron chi connectivity index (χ3n) is 3.68. The quantitative estimate of drug-likeness (QED) is 0.820. The first-order valence-corrected chi connectivity index (χ1v) is 6.06. The summed E-state index contributed by atoms with van der Waals surface area (Å²) in [6.45, 7) is 9.99. The van der Waals surface area contributed by atoms with E-state index < -0.39 is 5.54 Å². The van der Waals surface area contributed by atoms with Gasteiger partial charge in [0.25, 0.3) is 0 Å². The molecule has 0 N–H and O–H groups in total. The Morgan fingerprint density at radius 1 is 1.22 bits per heavy atom. The summed E-state index contributed by atoms with van der Waals surface area (Å²) < 4.78 is 5.42. The molecule has 0 radical (unpaired) electrons. The molecule has 0 atom stereocenters. The number of nitrogens with zero attached hydrogens (tertiary/aromatic N) is 2. The van der Waals surface area contributed by atoms with Crippen molar-refractivity contribution in [3.05, 3.63) is 22.8 Å². The van der Waals surface area contributed by atoms with Crippen LogP contribution in [-0.4, -0.2) is 19.7 Å². The van der Waals surface area contributed by atoms with Gasteiger partial charge in [-0.2, -0.15) is 5.26 Å². The highest BCUT2D eigenvalue weighted by Gasteiger charge is 2.25. The Balaban J connectivity index is 3.41. The molecule has 0 saturated heterocycles. The van der Waals surface area contributed by atoms with Crippen molar-refractivity contribution in [1.29, 1.82) is 5.26 Å². The average Bonchev–Trinajstić information content (AvgIpc) is 2.33. The van der Waals surface area contributed by atoms with Crippen LogP contribution in [0.3, 0.4) is 0 Å². The topological polar surface area (TPSA) is 36.3 Å². The van der Waals surface area contributed by atoms with Gasteiger partial charge in [-0.3, -0.25) is 0 Å². The molecule has 3 nitrogen and oxygen atoms in total. The normalized spacial score (nSPS) is 11.0. The van der Waals surface area contributed by atoms with Gasteiger partial charge in [-0.15, -0.1) is 0 Å². The molecule has 0 fully saturated rings. The van der Waals surface area contributed by atoms with Crippen molar-refractivity contribution in [2.75, 3.05) is 19.1 Å². The van der Waals surface area contributed by atoms with Crippen LogP contribution in [0.4, 0.5) is 5.69 Å². The lowest BCUT2D eigenvalue weighted by Gasteiger charge is -2.33. The van der Waals surface area contributed by atoms with E-state index in [4.69, 9.17) is 4.74 Å². The van der Waals surface area contributed by atoms with Gasteiger partial charge < -0.3 is 9.64 Å². The number of anilines is 1. The molecule has 0 heterocycles. The summed E-state index contributed by atoms with van der Waals surface area (Å²) in [5, 5.41) is 9.24. The van der Waals surface area contributed by atoms with E-state index in [0.717, 1.165) is 28.1 Å². The first-order chi connectivity index (χ1) is 8.26. The molecule has 1 aromatic carbocycles. The Bertz CT molecular complexity index is 498. The summed E-state index contributed by atoms with van der Waals surface area (Å²) in [6, 6.07) is 4.41. The summed E-state index contributed by atoms with van der Waals surface area (Å²) in [5.41, 5.74) is 3.93. The zero-order valence-corrected chi connectivity index (χ0v) is 12.4. The summed E-state index contributed by atoms with van der Waals surface area (Å²) >= 11 is 0. The lowest BCUT2D eigenvalue weighted by Crippen LogP contribution is -2.40. The predicted octanol–water partition coefficient (Wildman–Crippen LogP) is 3.36. The third-order valence-corrected chi connectivity index (χ3v) is 3.68. The van der Waals surface area contributed by atoms with E-state index in [1.165, 1.54) is 0 Å². The standard InChI is InChI=1S/C15H22N2O/c1-10-8-13(17(6)15(4,5)9-16)11(2)12(3)14(10)18-7/h8H,1-7H3. The Morgan fingerprint density at radius 2 is 1.78 bits per heavy atom. The maximum Gasteiger partial charge on any atom is 0.125 e. The molecule has 0 amide bonds. The van der Waals surface area contributed by atoms with Gasteiger partial charge in [0, 0.05) is 12.7 Å². The van der Waals surface area contributed by atoms with E-state index in [2.05, 4.69) is 26.0 Å². The second kappa shape index (κ2) is 4.89. The molecule has 1 rings (SSSR count). The molecular weight excluding hydrogens is 224 g/mol. The molecule has 0 aromatic heterocycles. The van der Waals surface area contributed by atoms with Crippen LogP contribution in [-0.2, 0) is 0 Å². The summed E-state index contributed by atoms with van der Waals surface area (Å²) in [6.07, 6.45) is 0. The van der Waals surface area contributed by atoms with Gasteiger partial charge in [-0.1, -0.05) is 0 Å². The number of methoxy groups -OCH3 is 1. The zero-order chi connectivity index (χ0) is 14.1. The van der Waals surface area contributed by atoms with E-state index >= 15 is 0 Å². The van der Waals surface area contributed by atoms with Crippen molar-refractivity contribution >= 4 is 5.69 Å². The zero-order valence-electron chi connectivity index (χ0n) is 12.4. The van der Waals surface area contributed by atoms with Crippen LogP contribution in [0.25, 0.3) is 0 Å². The smallest absolute Gasteiger partial charge is 0.125 e. The number of aryl methyl sites for hydroxylation is 1. The number of rotatable bonds is 3. The molecule has 0 unspecified atom stereocenters. The fourth-order valence-electron chi connectivity index (χ4n) is 2.08. The Hall–Kier alpha value is -1.69. The van der Waals surface area contributed by atoms with Gasteiger partial charge in [0.2, 0.25) is 0 Å². The third kappa shape index (κ3) is 2.28. The molecule has 0 saturated carbocycles. The molecular formula is C15H22N2O. The number of hydrogen-bond donors (Lipinski definition) is 0. The molecule has 1 aromatic rings. The molecule has 0 spiro atoms. The van der Waals surface area contributed by atoms with Gasteiger partial charge in [-0.25, -0.2) is 0 Å². The minimum atomic E-state index is -0.530. The summed E-state index contributed by atoms with van der Waals surface area (Å²) in [7, 11) is 3.65. The predicted molar refractivity (Wildman–Crippen MR) is 75.3 cm³/mol. The van der Waals surface area contributed by atoms with Crippen molar-refractivity contribution in [2.45, 2.75) is 40.2 Å². The molecule has 3 heteroatoms. The molecule has 0 aliphatic heterocycles. The van der Waals surface area contributed by atoms with Crippen molar-refractivity contribution in [2.24, 2.45) is 0 Å². The SMILES string of the molecule is COc1c(C)cc(N(C)C(C)(C)C#N)c(C)c1C. The van der Waals surface area contributed by atoms with Crippen LogP contribution >= 0.6 is 0 Å². The lowest BCUT2D eigenvalue weighted by atomic mass is 9.98. The van der Waals surface area contributed by atoms with Crippen molar-refractivity contribution < 1.29 is 4.74 Å². The van der Waals surface area contributed by atoms with E-state index in [0.29, 0.717) is 0 Å². The largest absolute Gasteiger partial charge is 0.496 e. The minimum Gasteiger partial charge on any atom is -0.496 e. The van der Waals surface area contributed by atoms with Gasteiger partial charge in [0.1, 0.15) is 11.3 Å². The van der Waals surface area contributed by atoms with E-state index in [-0.39, 0.29) is 0 Å². The van der Waals surface area contributed by atoms with Crippen LogP contribution in [0.1, 0.15) is 30.5 Å². The van der Waals surface area contributed by atoms with Gasteiger partial charge >= 0.3 is 0 Å². The highest BCUT2D eigenvalue weighted by atomic mass is 16.5. The lowest BCUT2D eigenvalue weighted by molar-refractivity contribution is 0.408. The Kier molecular flexibility index (Phi) is 3.91. The van der Waals surface area contributed by atoms with Gasteiger partial charge in [0.05, 0.1) is 13.2 Å². The second-order valence-electron chi connectivity index (χ2n) is 5.23. The fraction of sp³-hybridized carbons (Fsp3) is 0.533. The van der Waals surface area contributed by atoms with E-state index in [1.54, 1.807) is 7.11 Å². The summed E-state index contributed by atoms with van der Waals surface area (Å²) in [4.78, 5) is 2.02. The molecule has 98 valence electrons. The molecule has 0 bridgehead atoms. The number of hydrogen-bond acceptors (Lipinski definition) is 3.